The van der Waals surface area contributed by atoms with Gasteiger partial charge < -0.3 is 0 Å². The predicted octanol–water partition coefficient (Wildman–Crippen LogP) is 3.64. The van der Waals surface area contributed by atoms with Crippen LogP contribution in [0, 0.1) is 10.3 Å². The first kappa shape index (κ1) is 12.3. The number of benzene rings is 2. The van der Waals surface area contributed by atoms with Crippen LogP contribution in [-0.4, -0.2) is 10.8 Å². The van der Waals surface area contributed by atoms with E-state index in [-0.39, 0.29) is 11.8 Å². The number of hydrogen-bond donors (Lipinski definition) is 1. The molecule has 1 N–H and O–H groups in total. The van der Waals surface area contributed by atoms with E-state index >= 15 is 0 Å². The number of rotatable bonds is 2. The van der Waals surface area contributed by atoms with E-state index in [1.165, 1.54) is 0 Å². The Kier molecular flexibility index (Phi) is 3.15. The topological polar surface area (TPSA) is 53.2 Å². The SMILES string of the molecule is N=C=C1CC(c2ccc(-c3ccccc3)cc2)O[N+]1=O. The minimum atomic E-state index is -0.329. The van der Waals surface area contributed by atoms with Crippen molar-refractivity contribution in [1.29, 1.82) is 5.41 Å². The van der Waals surface area contributed by atoms with E-state index in [1.54, 1.807) is 0 Å². The minimum absolute atomic E-state index is 0.224. The van der Waals surface area contributed by atoms with Crippen LogP contribution in [0.25, 0.3) is 11.1 Å². The third-order valence-corrected chi connectivity index (χ3v) is 3.36. The van der Waals surface area contributed by atoms with Gasteiger partial charge in [0.05, 0.1) is 10.8 Å². The van der Waals surface area contributed by atoms with Crippen molar-refractivity contribution < 1.29 is 9.76 Å². The van der Waals surface area contributed by atoms with E-state index < -0.39 is 0 Å². The molecule has 1 fully saturated rings. The van der Waals surface area contributed by atoms with Gasteiger partial charge >= 0.3 is 5.70 Å². The molecule has 1 aliphatic heterocycles. The third-order valence-electron chi connectivity index (χ3n) is 3.36. The van der Waals surface area contributed by atoms with Gasteiger partial charge in [0, 0.05) is 5.56 Å². The molecule has 1 unspecified atom stereocenters. The van der Waals surface area contributed by atoms with Crippen LogP contribution in [0.3, 0.4) is 0 Å². The highest BCUT2D eigenvalue weighted by atomic mass is 16.8. The van der Waals surface area contributed by atoms with Gasteiger partial charge in [0.15, 0.2) is 0 Å². The molecule has 0 bridgehead atoms. The van der Waals surface area contributed by atoms with Crippen LogP contribution >= 0.6 is 0 Å². The summed E-state index contributed by atoms with van der Waals surface area (Å²) in [5.41, 5.74) is 3.42. The van der Waals surface area contributed by atoms with Gasteiger partial charge in [-0.1, -0.05) is 54.6 Å². The van der Waals surface area contributed by atoms with Crippen LogP contribution in [0.15, 0.2) is 60.3 Å². The summed E-state index contributed by atoms with van der Waals surface area (Å²) >= 11 is 0. The average molecular weight is 265 g/mol. The molecule has 1 atom stereocenters. The van der Waals surface area contributed by atoms with E-state index in [1.807, 2.05) is 42.5 Å². The Hall–Kier alpha value is -2.71. The fraction of sp³-hybridized carbons (Fsp3) is 0.125. The first-order valence-corrected chi connectivity index (χ1v) is 6.36. The number of nitrogens with one attached hydrogen (secondary N) is 1. The normalized spacial score (nSPS) is 17.7. The molecule has 0 spiro atoms. The molecule has 0 radical (unpaired) electrons. The lowest BCUT2D eigenvalue weighted by Gasteiger charge is -2.05. The van der Waals surface area contributed by atoms with Gasteiger partial charge in [0.1, 0.15) is 6.42 Å². The monoisotopic (exact) mass is 265 g/mol. The van der Waals surface area contributed by atoms with E-state index in [9.17, 15) is 4.91 Å². The quantitative estimate of drug-likeness (QED) is 0.843. The third kappa shape index (κ3) is 2.25. The summed E-state index contributed by atoms with van der Waals surface area (Å²) in [6.07, 6.45) is 0.0580. The summed E-state index contributed by atoms with van der Waals surface area (Å²) in [5.74, 6) is 2.11. The molecular formula is C16H13N2O2+. The molecule has 4 nitrogen and oxygen atoms in total. The van der Waals surface area contributed by atoms with Gasteiger partial charge in [-0.05, 0) is 11.1 Å². The van der Waals surface area contributed by atoms with Crippen molar-refractivity contribution in [3.05, 3.63) is 70.8 Å². The molecule has 1 saturated heterocycles. The zero-order valence-corrected chi connectivity index (χ0v) is 10.7. The van der Waals surface area contributed by atoms with E-state index in [2.05, 4.69) is 18.0 Å². The molecule has 2 aromatic carbocycles. The van der Waals surface area contributed by atoms with Crippen molar-refractivity contribution in [3.63, 3.8) is 0 Å². The highest BCUT2D eigenvalue weighted by molar-refractivity contribution is 5.63. The lowest BCUT2D eigenvalue weighted by Crippen LogP contribution is -1.99. The first-order chi connectivity index (χ1) is 9.78. The Labute approximate surface area is 116 Å². The van der Waals surface area contributed by atoms with Crippen molar-refractivity contribution >= 4 is 5.87 Å². The molecule has 20 heavy (non-hydrogen) atoms. The summed E-state index contributed by atoms with van der Waals surface area (Å²) in [6.45, 7) is 0. The summed E-state index contributed by atoms with van der Waals surface area (Å²) in [4.78, 5) is 16.9. The fourth-order valence-electron chi connectivity index (χ4n) is 2.26. The van der Waals surface area contributed by atoms with Gasteiger partial charge in [0.25, 0.3) is 4.92 Å². The molecule has 98 valence electrons. The Morgan fingerprint density at radius 1 is 1.05 bits per heavy atom. The maximum atomic E-state index is 11.4. The van der Waals surface area contributed by atoms with E-state index in [0.717, 1.165) is 16.7 Å². The Balaban J connectivity index is 1.84. The van der Waals surface area contributed by atoms with Crippen LogP contribution in [-0.2, 0) is 4.84 Å². The molecule has 0 aliphatic carbocycles. The maximum absolute atomic E-state index is 11.4. The van der Waals surface area contributed by atoms with Gasteiger partial charge in [0.2, 0.25) is 6.10 Å². The highest BCUT2D eigenvalue weighted by Crippen LogP contribution is 2.32. The zero-order chi connectivity index (χ0) is 13.9. The van der Waals surface area contributed by atoms with Crippen LogP contribution in [0.5, 0.6) is 0 Å². The lowest BCUT2D eigenvalue weighted by molar-refractivity contribution is -0.758. The van der Waals surface area contributed by atoms with E-state index in [0.29, 0.717) is 11.3 Å². The molecule has 4 heteroatoms. The molecule has 0 aromatic heterocycles. The average Bonchev–Trinajstić information content (AvgIpc) is 2.89. The van der Waals surface area contributed by atoms with Crippen molar-refractivity contribution in [2.75, 3.05) is 0 Å². The van der Waals surface area contributed by atoms with Gasteiger partial charge in [-0.3, -0.25) is 5.41 Å². The molecule has 0 amide bonds. The van der Waals surface area contributed by atoms with Crippen LogP contribution in [0.1, 0.15) is 18.1 Å². The second kappa shape index (κ2) is 5.11. The van der Waals surface area contributed by atoms with Crippen molar-refractivity contribution in [1.82, 2.24) is 0 Å². The second-order valence-electron chi connectivity index (χ2n) is 4.62. The molecule has 2 aromatic rings. The van der Waals surface area contributed by atoms with E-state index in [4.69, 9.17) is 10.2 Å². The number of hydrogen-bond acceptors (Lipinski definition) is 3. The molecule has 1 heterocycles. The Morgan fingerprint density at radius 2 is 1.70 bits per heavy atom. The molecule has 1 aliphatic rings. The fourth-order valence-corrected chi connectivity index (χ4v) is 2.26. The largest absolute Gasteiger partial charge is 0.357 e. The smallest absolute Gasteiger partial charge is 0.253 e. The highest BCUT2D eigenvalue weighted by Gasteiger charge is 2.39. The van der Waals surface area contributed by atoms with Crippen LogP contribution < -0.4 is 0 Å². The van der Waals surface area contributed by atoms with Crippen molar-refractivity contribution in [2.24, 2.45) is 0 Å². The van der Waals surface area contributed by atoms with Crippen molar-refractivity contribution in [2.45, 2.75) is 12.5 Å². The minimum Gasteiger partial charge on any atom is -0.253 e. The van der Waals surface area contributed by atoms with Gasteiger partial charge in [-0.15, -0.1) is 0 Å². The number of nitrogens with zero attached hydrogens (tertiary/aromatic N) is 1. The summed E-state index contributed by atoms with van der Waals surface area (Å²) in [6, 6.07) is 18.0. The molecular weight excluding hydrogens is 252 g/mol. The summed E-state index contributed by atoms with van der Waals surface area (Å²) in [5, 5.41) is 7.02. The maximum Gasteiger partial charge on any atom is 0.357 e. The zero-order valence-electron chi connectivity index (χ0n) is 10.7. The molecule has 3 rings (SSSR count). The van der Waals surface area contributed by atoms with Gasteiger partial charge in [-0.2, -0.15) is 0 Å². The molecule has 0 saturated carbocycles. The predicted molar refractivity (Wildman–Crippen MR) is 75.2 cm³/mol. The second-order valence-corrected chi connectivity index (χ2v) is 4.62. The Morgan fingerprint density at radius 3 is 2.30 bits per heavy atom. The standard InChI is InChI=1S/C16H13N2O2/c17-11-15-10-16(20-18(15)19)14-8-6-13(7-9-14)12-4-2-1-3-5-12/h1-9,16-17H,10H2/q+1. The van der Waals surface area contributed by atoms with Gasteiger partial charge in [-0.25, -0.2) is 4.84 Å². The van der Waals surface area contributed by atoms with Crippen LogP contribution in [0.2, 0.25) is 0 Å². The van der Waals surface area contributed by atoms with Crippen molar-refractivity contribution in [3.8, 4) is 11.1 Å². The Bertz CT molecular complexity index is 686. The first-order valence-electron chi connectivity index (χ1n) is 6.36. The summed E-state index contributed by atoms with van der Waals surface area (Å²) in [7, 11) is 0. The summed E-state index contributed by atoms with van der Waals surface area (Å²) < 4.78 is 0. The van der Waals surface area contributed by atoms with Crippen LogP contribution in [0.4, 0.5) is 0 Å². The lowest BCUT2D eigenvalue weighted by atomic mass is 10.0.